The van der Waals surface area contributed by atoms with Crippen molar-refractivity contribution in [3.63, 3.8) is 0 Å². The van der Waals surface area contributed by atoms with Crippen molar-refractivity contribution in [2.24, 2.45) is 0 Å². The minimum absolute atomic E-state index is 0.000642. The summed E-state index contributed by atoms with van der Waals surface area (Å²) < 4.78 is 26.1. The molecule has 0 bridgehead atoms. The van der Waals surface area contributed by atoms with E-state index in [-0.39, 0.29) is 17.4 Å². The largest absolute Gasteiger partial charge is 0.385 e. The second kappa shape index (κ2) is 3.67. The molecule has 1 aromatic rings. The van der Waals surface area contributed by atoms with Gasteiger partial charge in [-0.05, 0) is 0 Å². The molecule has 0 aromatic carbocycles. The van der Waals surface area contributed by atoms with E-state index in [1.54, 1.807) is 0 Å². The zero-order valence-electron chi connectivity index (χ0n) is 7.95. The fourth-order valence-electron chi connectivity index (χ4n) is 1.56. The topological polar surface area (TPSA) is 69.2 Å². The third-order valence-corrected chi connectivity index (χ3v) is 2.57. The van der Waals surface area contributed by atoms with Gasteiger partial charge >= 0.3 is 0 Å². The van der Waals surface area contributed by atoms with E-state index < -0.39 is 24.1 Å². The number of nitrogens with one attached hydrogen (secondary N) is 1. The van der Waals surface area contributed by atoms with Gasteiger partial charge in [-0.1, -0.05) is 11.6 Å². The highest BCUT2D eigenvalue weighted by Gasteiger charge is 2.47. The van der Waals surface area contributed by atoms with Crippen LogP contribution in [0.25, 0.3) is 0 Å². The summed E-state index contributed by atoms with van der Waals surface area (Å²) in [6.07, 6.45) is -1.78. The van der Waals surface area contributed by atoms with Crippen molar-refractivity contribution < 1.29 is 13.9 Å². The molecule has 1 aliphatic heterocycles. The van der Waals surface area contributed by atoms with Crippen LogP contribution < -0.4 is 10.5 Å². The quantitative estimate of drug-likeness (QED) is 0.750. The highest BCUT2D eigenvalue weighted by molar-refractivity contribution is 6.29. The Morgan fingerprint density at radius 1 is 1.69 bits per heavy atom. The van der Waals surface area contributed by atoms with Crippen LogP contribution in [0.3, 0.4) is 0 Å². The molecule has 8 heteroatoms. The van der Waals surface area contributed by atoms with Gasteiger partial charge in [-0.3, -0.25) is 4.79 Å². The Labute approximate surface area is 93.6 Å². The van der Waals surface area contributed by atoms with Gasteiger partial charge in [-0.2, -0.15) is 5.10 Å². The Hall–Kier alpha value is -1.21. The van der Waals surface area contributed by atoms with Gasteiger partial charge in [0.25, 0.3) is 11.5 Å². The fourth-order valence-corrected chi connectivity index (χ4v) is 1.70. The molecule has 0 unspecified atom stereocenters. The summed E-state index contributed by atoms with van der Waals surface area (Å²) in [6, 6.07) is 1.19. The maximum Gasteiger partial charge on any atom is 0.292 e. The summed E-state index contributed by atoms with van der Waals surface area (Å²) in [7, 11) is 0. The van der Waals surface area contributed by atoms with Gasteiger partial charge in [0.1, 0.15) is 11.8 Å². The smallest absolute Gasteiger partial charge is 0.292 e. The average Bonchev–Trinajstić information content (AvgIpc) is 2.45. The van der Waals surface area contributed by atoms with Gasteiger partial charge in [0.15, 0.2) is 5.15 Å². The van der Waals surface area contributed by atoms with Crippen LogP contribution in [0.15, 0.2) is 10.9 Å². The molecule has 1 atom stereocenters. The highest BCUT2D eigenvalue weighted by Crippen LogP contribution is 2.30. The summed E-state index contributed by atoms with van der Waals surface area (Å²) in [5, 5.41) is 14.6. The van der Waals surface area contributed by atoms with Crippen molar-refractivity contribution in [3.05, 3.63) is 21.6 Å². The van der Waals surface area contributed by atoms with Gasteiger partial charge in [0, 0.05) is 6.07 Å². The number of hydrogen-bond acceptors (Lipinski definition) is 4. The molecule has 0 spiro atoms. The maximum absolute atomic E-state index is 13.1. The number of aromatic nitrogens is 2. The summed E-state index contributed by atoms with van der Waals surface area (Å²) in [4.78, 5) is 12.4. The number of halogens is 3. The predicted molar refractivity (Wildman–Crippen MR) is 53.0 cm³/mol. The van der Waals surface area contributed by atoms with Crippen LogP contribution in [0.4, 0.5) is 14.5 Å². The standard InChI is InChI=1S/C8H8ClF2N3O2/c9-6-1-4(7(16)13-12-6)14-2-5(15)8(10,11)3-14/h1,5,15H,2-3H2,(H,13,16)/t5-/m0/s1. The molecule has 0 saturated carbocycles. The van der Waals surface area contributed by atoms with Crippen LogP contribution in [0, 0.1) is 0 Å². The number of H-pyrrole nitrogens is 1. The van der Waals surface area contributed by atoms with Crippen LogP contribution in [-0.2, 0) is 0 Å². The monoisotopic (exact) mass is 251 g/mol. The molecule has 0 amide bonds. The molecule has 0 aliphatic carbocycles. The molecular formula is C8H8ClF2N3O2. The second-order valence-electron chi connectivity index (χ2n) is 3.56. The molecule has 88 valence electrons. The zero-order valence-corrected chi connectivity index (χ0v) is 8.71. The normalized spacial score (nSPS) is 23.8. The van der Waals surface area contributed by atoms with Gasteiger partial charge in [-0.15, -0.1) is 0 Å². The maximum atomic E-state index is 13.1. The molecule has 16 heavy (non-hydrogen) atoms. The summed E-state index contributed by atoms with van der Waals surface area (Å²) in [5.41, 5.74) is -0.634. The Kier molecular flexibility index (Phi) is 2.59. The first-order valence-electron chi connectivity index (χ1n) is 4.46. The molecule has 1 aromatic heterocycles. The molecular weight excluding hydrogens is 244 g/mol. The first-order chi connectivity index (χ1) is 7.40. The van der Waals surface area contributed by atoms with Crippen molar-refractivity contribution in [2.75, 3.05) is 18.0 Å². The Balaban J connectivity index is 2.34. The van der Waals surface area contributed by atoms with E-state index in [1.807, 2.05) is 0 Å². The number of aromatic amines is 1. The van der Waals surface area contributed by atoms with Gasteiger partial charge in [0.2, 0.25) is 0 Å². The molecule has 2 N–H and O–H groups in total. The van der Waals surface area contributed by atoms with Crippen LogP contribution in [0.5, 0.6) is 0 Å². The predicted octanol–water partition coefficient (Wildman–Crippen LogP) is 0.239. The van der Waals surface area contributed by atoms with Crippen molar-refractivity contribution >= 4 is 17.3 Å². The lowest BCUT2D eigenvalue weighted by Crippen LogP contribution is -2.31. The number of alkyl halides is 2. The fraction of sp³-hybridized carbons (Fsp3) is 0.500. The number of aliphatic hydroxyl groups is 1. The van der Waals surface area contributed by atoms with E-state index in [1.165, 1.54) is 6.07 Å². The van der Waals surface area contributed by atoms with Crippen molar-refractivity contribution in [1.29, 1.82) is 0 Å². The van der Waals surface area contributed by atoms with Crippen LogP contribution >= 0.6 is 11.6 Å². The Bertz CT molecular complexity index is 465. The lowest BCUT2D eigenvalue weighted by atomic mass is 10.2. The summed E-state index contributed by atoms with van der Waals surface area (Å²) >= 11 is 5.54. The second-order valence-corrected chi connectivity index (χ2v) is 3.95. The lowest BCUT2D eigenvalue weighted by Gasteiger charge is -2.15. The lowest BCUT2D eigenvalue weighted by molar-refractivity contribution is -0.0712. The Morgan fingerprint density at radius 3 is 2.94 bits per heavy atom. The SMILES string of the molecule is O=c1[nH]nc(Cl)cc1N1C[C@H](O)C(F)(F)C1. The van der Waals surface area contributed by atoms with Gasteiger partial charge < -0.3 is 10.0 Å². The van der Waals surface area contributed by atoms with Crippen molar-refractivity contribution in [1.82, 2.24) is 10.2 Å². The average molecular weight is 252 g/mol. The van der Waals surface area contributed by atoms with E-state index in [4.69, 9.17) is 16.7 Å². The van der Waals surface area contributed by atoms with E-state index in [0.717, 1.165) is 4.90 Å². The zero-order chi connectivity index (χ0) is 11.9. The van der Waals surface area contributed by atoms with Gasteiger partial charge in [-0.25, -0.2) is 13.9 Å². The van der Waals surface area contributed by atoms with E-state index >= 15 is 0 Å². The third-order valence-electron chi connectivity index (χ3n) is 2.38. The van der Waals surface area contributed by atoms with Crippen LogP contribution in [-0.4, -0.2) is 40.4 Å². The highest BCUT2D eigenvalue weighted by atomic mass is 35.5. The number of aliphatic hydroxyl groups excluding tert-OH is 1. The van der Waals surface area contributed by atoms with E-state index in [9.17, 15) is 13.6 Å². The molecule has 5 nitrogen and oxygen atoms in total. The van der Waals surface area contributed by atoms with Crippen molar-refractivity contribution in [2.45, 2.75) is 12.0 Å². The van der Waals surface area contributed by atoms with Gasteiger partial charge in [0.05, 0.1) is 13.1 Å². The van der Waals surface area contributed by atoms with Crippen LogP contribution in [0.1, 0.15) is 0 Å². The molecule has 0 radical (unpaired) electrons. The molecule has 1 saturated heterocycles. The van der Waals surface area contributed by atoms with Crippen molar-refractivity contribution in [3.8, 4) is 0 Å². The third kappa shape index (κ3) is 1.88. The van der Waals surface area contributed by atoms with E-state index in [0.29, 0.717) is 0 Å². The number of β-amino-alcohol motifs (C(OH)–C–C–N with tert-alkyl or cyclic N) is 1. The number of nitrogens with zero attached hydrogens (tertiary/aromatic N) is 2. The van der Waals surface area contributed by atoms with E-state index in [2.05, 4.69) is 10.2 Å². The first kappa shape index (κ1) is 11.3. The minimum Gasteiger partial charge on any atom is -0.385 e. The molecule has 2 rings (SSSR count). The molecule has 2 heterocycles. The molecule has 1 fully saturated rings. The summed E-state index contributed by atoms with van der Waals surface area (Å²) in [6.45, 7) is -1.02. The molecule has 1 aliphatic rings. The minimum atomic E-state index is -3.22. The number of hydrogen-bond donors (Lipinski definition) is 2. The summed E-state index contributed by atoms with van der Waals surface area (Å²) in [5.74, 6) is -3.22. The Morgan fingerprint density at radius 2 is 2.38 bits per heavy atom. The van der Waals surface area contributed by atoms with Crippen LogP contribution in [0.2, 0.25) is 5.15 Å². The number of anilines is 1. The number of rotatable bonds is 1. The first-order valence-corrected chi connectivity index (χ1v) is 4.84.